The van der Waals surface area contributed by atoms with Gasteiger partial charge in [-0.05, 0) is 63.7 Å². The molecule has 2 aromatic rings. The Hall–Kier alpha value is -1.63. The van der Waals surface area contributed by atoms with Crippen LogP contribution < -0.4 is 4.72 Å². The number of likely N-dealkylation sites (N-methyl/N-ethyl adjacent to an activating group) is 1. The summed E-state index contributed by atoms with van der Waals surface area (Å²) < 4.78 is 26.3. The lowest BCUT2D eigenvalue weighted by atomic mass is 10.1. The Bertz CT molecular complexity index is 789. The molecule has 1 aromatic carbocycles. The van der Waals surface area contributed by atoms with Crippen LogP contribution in [0.3, 0.4) is 0 Å². The molecule has 0 saturated carbocycles. The molecule has 0 amide bonds. The Morgan fingerprint density at radius 1 is 1.30 bits per heavy atom. The summed E-state index contributed by atoms with van der Waals surface area (Å²) in [5, 5.41) is 2.36. The minimum Gasteiger partial charge on any atom is -0.361 e. The maximum atomic E-state index is 11.9. The van der Waals surface area contributed by atoms with Crippen LogP contribution >= 0.6 is 0 Å². The monoisotopic (exact) mass is 335 g/mol. The Kier molecular flexibility index (Phi) is 5.62. The molecule has 23 heavy (non-hydrogen) atoms. The number of hydrogen-bond acceptors (Lipinski definition) is 3. The van der Waals surface area contributed by atoms with Gasteiger partial charge < -0.3 is 9.88 Å². The van der Waals surface area contributed by atoms with E-state index in [2.05, 4.69) is 28.7 Å². The molecular formula is C17H25N3O2S. The number of rotatable bonds is 7. The number of H-pyrrole nitrogens is 1. The van der Waals surface area contributed by atoms with Gasteiger partial charge in [0.15, 0.2) is 0 Å². The molecule has 5 nitrogen and oxygen atoms in total. The van der Waals surface area contributed by atoms with Gasteiger partial charge in [-0.1, -0.05) is 6.07 Å². The standard InChI is InChI=1S/C17H25N3O2S/c1-13(2)19-23(21,22)10-8-14-5-6-17-16(11-14)15(12-18-17)7-9-20(3)4/h5-6,8,10-13,18-19H,7,9H2,1-4H3/b10-8+. The molecule has 0 radical (unpaired) electrons. The van der Waals surface area contributed by atoms with Gasteiger partial charge in [-0.25, -0.2) is 13.1 Å². The van der Waals surface area contributed by atoms with Crippen molar-refractivity contribution in [1.29, 1.82) is 0 Å². The molecule has 0 atom stereocenters. The van der Waals surface area contributed by atoms with Crippen molar-refractivity contribution in [2.24, 2.45) is 0 Å². The fourth-order valence-electron chi connectivity index (χ4n) is 2.39. The van der Waals surface area contributed by atoms with E-state index in [1.54, 1.807) is 19.9 Å². The molecule has 0 fully saturated rings. The van der Waals surface area contributed by atoms with Gasteiger partial charge in [-0.15, -0.1) is 0 Å². The van der Waals surface area contributed by atoms with Crippen LogP contribution in [0.15, 0.2) is 29.8 Å². The molecule has 0 aliphatic carbocycles. The second kappa shape index (κ2) is 7.29. The van der Waals surface area contributed by atoms with Gasteiger partial charge in [0, 0.05) is 35.1 Å². The zero-order chi connectivity index (χ0) is 17.0. The second-order valence-electron chi connectivity index (χ2n) is 6.29. The molecule has 2 rings (SSSR count). The van der Waals surface area contributed by atoms with Crippen molar-refractivity contribution < 1.29 is 8.42 Å². The van der Waals surface area contributed by atoms with Crippen molar-refractivity contribution in [2.75, 3.05) is 20.6 Å². The maximum Gasteiger partial charge on any atom is 0.233 e. The lowest BCUT2D eigenvalue weighted by Crippen LogP contribution is -2.28. The fourth-order valence-corrected chi connectivity index (χ4v) is 3.46. The average molecular weight is 335 g/mol. The molecule has 1 heterocycles. The van der Waals surface area contributed by atoms with Crippen molar-refractivity contribution in [1.82, 2.24) is 14.6 Å². The first-order valence-corrected chi connectivity index (χ1v) is 9.26. The van der Waals surface area contributed by atoms with Gasteiger partial charge in [0.2, 0.25) is 10.0 Å². The van der Waals surface area contributed by atoms with Crippen LogP contribution in [0.1, 0.15) is 25.0 Å². The van der Waals surface area contributed by atoms with E-state index >= 15 is 0 Å². The van der Waals surface area contributed by atoms with Crippen LogP contribution in [-0.4, -0.2) is 45.0 Å². The number of hydrogen-bond donors (Lipinski definition) is 2. The highest BCUT2D eigenvalue weighted by Gasteiger charge is 2.08. The summed E-state index contributed by atoms with van der Waals surface area (Å²) in [5.41, 5.74) is 3.18. The first-order valence-electron chi connectivity index (χ1n) is 7.72. The number of aromatic nitrogens is 1. The summed E-state index contributed by atoms with van der Waals surface area (Å²) in [4.78, 5) is 5.41. The molecule has 0 saturated heterocycles. The van der Waals surface area contributed by atoms with Gasteiger partial charge >= 0.3 is 0 Å². The molecule has 1 aromatic heterocycles. The Morgan fingerprint density at radius 3 is 2.70 bits per heavy atom. The zero-order valence-electron chi connectivity index (χ0n) is 14.1. The molecule has 126 valence electrons. The number of nitrogens with one attached hydrogen (secondary N) is 2. The average Bonchev–Trinajstić information content (AvgIpc) is 2.84. The topological polar surface area (TPSA) is 65.2 Å². The second-order valence-corrected chi connectivity index (χ2v) is 7.89. The summed E-state index contributed by atoms with van der Waals surface area (Å²) >= 11 is 0. The highest BCUT2D eigenvalue weighted by molar-refractivity contribution is 7.92. The van der Waals surface area contributed by atoms with Crippen LogP contribution in [0.2, 0.25) is 0 Å². The lowest BCUT2D eigenvalue weighted by molar-refractivity contribution is 0.414. The van der Waals surface area contributed by atoms with Crippen LogP contribution in [0.5, 0.6) is 0 Å². The van der Waals surface area contributed by atoms with Gasteiger partial charge in [-0.3, -0.25) is 0 Å². The summed E-state index contributed by atoms with van der Waals surface area (Å²) in [6.45, 7) is 4.57. The number of benzene rings is 1. The van der Waals surface area contributed by atoms with Crippen LogP contribution in [0.4, 0.5) is 0 Å². The van der Waals surface area contributed by atoms with E-state index in [0.29, 0.717) is 0 Å². The summed E-state index contributed by atoms with van der Waals surface area (Å²) in [6.07, 6.45) is 4.61. The van der Waals surface area contributed by atoms with Crippen molar-refractivity contribution in [3.8, 4) is 0 Å². The Labute approximate surface area is 138 Å². The van der Waals surface area contributed by atoms with Crippen molar-refractivity contribution in [3.63, 3.8) is 0 Å². The van der Waals surface area contributed by atoms with Crippen LogP contribution in [-0.2, 0) is 16.4 Å². The van der Waals surface area contributed by atoms with Gasteiger partial charge in [0.1, 0.15) is 0 Å². The maximum absolute atomic E-state index is 11.9. The first kappa shape index (κ1) is 17.7. The number of fused-ring (bicyclic) bond motifs is 1. The van der Waals surface area contributed by atoms with Gasteiger partial charge in [0.25, 0.3) is 0 Å². The smallest absolute Gasteiger partial charge is 0.233 e. The van der Waals surface area contributed by atoms with Crippen LogP contribution in [0.25, 0.3) is 17.0 Å². The summed E-state index contributed by atoms with van der Waals surface area (Å²) in [6, 6.07) is 5.81. The molecule has 2 N–H and O–H groups in total. The molecule has 0 unspecified atom stereocenters. The van der Waals surface area contributed by atoms with Crippen LogP contribution in [0, 0.1) is 0 Å². The SMILES string of the molecule is CC(C)NS(=O)(=O)/C=C/c1ccc2[nH]cc(CCN(C)C)c2c1. The van der Waals surface area contributed by atoms with Crippen molar-refractivity contribution in [3.05, 3.63) is 40.9 Å². The Balaban J connectivity index is 2.24. The number of aromatic amines is 1. The van der Waals surface area contributed by atoms with E-state index < -0.39 is 10.0 Å². The Morgan fingerprint density at radius 2 is 2.04 bits per heavy atom. The normalized spacial score (nSPS) is 13.0. The quantitative estimate of drug-likeness (QED) is 0.817. The van der Waals surface area contributed by atoms with Crippen molar-refractivity contribution in [2.45, 2.75) is 26.3 Å². The van der Waals surface area contributed by atoms with E-state index in [9.17, 15) is 8.42 Å². The predicted octanol–water partition coefficient (Wildman–Crippen LogP) is 2.57. The fraction of sp³-hybridized carbons (Fsp3) is 0.412. The highest BCUT2D eigenvalue weighted by atomic mass is 32.2. The largest absolute Gasteiger partial charge is 0.361 e. The van der Waals surface area contributed by atoms with Gasteiger partial charge in [-0.2, -0.15) is 0 Å². The van der Waals surface area contributed by atoms with Gasteiger partial charge in [0.05, 0.1) is 0 Å². The third-order valence-corrected chi connectivity index (χ3v) is 4.75. The third kappa shape index (κ3) is 5.20. The summed E-state index contributed by atoms with van der Waals surface area (Å²) in [5.74, 6) is 0. The lowest BCUT2D eigenvalue weighted by Gasteiger charge is -2.08. The number of sulfonamides is 1. The highest BCUT2D eigenvalue weighted by Crippen LogP contribution is 2.21. The molecule has 0 bridgehead atoms. The van der Waals surface area contributed by atoms with E-state index in [4.69, 9.17) is 0 Å². The van der Waals surface area contributed by atoms with Crippen molar-refractivity contribution >= 4 is 27.0 Å². The molecule has 0 aliphatic rings. The molecular weight excluding hydrogens is 310 g/mol. The van der Waals surface area contributed by atoms with E-state index in [0.717, 1.165) is 29.4 Å². The third-order valence-electron chi connectivity index (χ3n) is 3.46. The summed E-state index contributed by atoms with van der Waals surface area (Å²) in [7, 11) is 0.707. The minimum atomic E-state index is -3.40. The predicted molar refractivity (Wildman–Crippen MR) is 96.8 cm³/mol. The van der Waals surface area contributed by atoms with E-state index in [-0.39, 0.29) is 6.04 Å². The van der Waals surface area contributed by atoms with E-state index in [1.165, 1.54) is 11.0 Å². The minimum absolute atomic E-state index is 0.116. The molecule has 6 heteroatoms. The van der Waals surface area contributed by atoms with E-state index in [1.807, 2.05) is 24.4 Å². The molecule has 0 spiro atoms. The zero-order valence-corrected chi connectivity index (χ0v) is 14.9. The molecule has 0 aliphatic heterocycles. The first-order chi connectivity index (χ1) is 10.8. The number of nitrogens with zero attached hydrogens (tertiary/aromatic N) is 1.